The molecule has 2 aromatic rings. The molecular weight excluding hydrogens is 334 g/mol. The van der Waals surface area contributed by atoms with Crippen molar-refractivity contribution in [1.82, 2.24) is 24.8 Å². The Morgan fingerprint density at radius 2 is 2.31 bits per heavy atom. The third-order valence-electron chi connectivity index (χ3n) is 5.20. The molecule has 1 amide bonds. The first-order valence-corrected chi connectivity index (χ1v) is 9.31. The quantitative estimate of drug-likeness (QED) is 0.833. The number of nitrogens with zero attached hydrogens (tertiary/aromatic N) is 5. The summed E-state index contributed by atoms with van der Waals surface area (Å²) < 4.78 is 7.04. The Balaban J connectivity index is 1.33. The van der Waals surface area contributed by atoms with E-state index in [0.29, 0.717) is 50.6 Å². The van der Waals surface area contributed by atoms with Gasteiger partial charge >= 0.3 is 0 Å². The molecule has 0 spiro atoms. The molecule has 1 atom stereocenters. The van der Waals surface area contributed by atoms with Gasteiger partial charge in [-0.25, -0.2) is 0 Å². The van der Waals surface area contributed by atoms with Crippen molar-refractivity contribution in [3.8, 4) is 0 Å². The molecule has 2 fully saturated rings. The first kappa shape index (κ1) is 17.2. The van der Waals surface area contributed by atoms with Crippen molar-refractivity contribution in [3.05, 3.63) is 29.7 Å². The summed E-state index contributed by atoms with van der Waals surface area (Å²) in [5.41, 5.74) is 0.0573. The Labute approximate surface area is 152 Å². The average molecular weight is 359 g/mol. The van der Waals surface area contributed by atoms with Crippen LogP contribution in [0.2, 0.25) is 0 Å². The van der Waals surface area contributed by atoms with Gasteiger partial charge in [0.15, 0.2) is 5.82 Å². The zero-order chi connectivity index (χ0) is 18.1. The second-order valence-corrected chi connectivity index (χ2v) is 7.66. The van der Waals surface area contributed by atoms with Crippen molar-refractivity contribution in [1.29, 1.82) is 0 Å². The molecule has 140 valence electrons. The molecule has 8 nitrogen and oxygen atoms in total. The molecule has 0 radical (unpaired) electrons. The highest BCUT2D eigenvalue weighted by Gasteiger charge is 2.37. The zero-order valence-corrected chi connectivity index (χ0v) is 15.1. The molecule has 1 aliphatic heterocycles. The van der Waals surface area contributed by atoms with Gasteiger partial charge < -0.3 is 14.5 Å². The summed E-state index contributed by atoms with van der Waals surface area (Å²) in [4.78, 5) is 18.7. The maximum atomic E-state index is 12.6. The number of amides is 1. The average Bonchev–Trinajstić information content (AvgIpc) is 3.23. The Hall–Kier alpha value is -2.22. The first-order valence-electron chi connectivity index (χ1n) is 9.31. The van der Waals surface area contributed by atoms with E-state index < -0.39 is 5.60 Å². The van der Waals surface area contributed by atoms with Gasteiger partial charge in [0.25, 0.3) is 0 Å². The van der Waals surface area contributed by atoms with Gasteiger partial charge in [0.05, 0.1) is 18.2 Å². The Bertz CT molecular complexity index is 781. The third-order valence-corrected chi connectivity index (χ3v) is 5.20. The number of hydrogen-bond donors (Lipinski definition) is 1. The number of carbonyl (C=O) groups excluding carboxylic acids is 1. The zero-order valence-electron chi connectivity index (χ0n) is 15.1. The normalized spacial score (nSPS) is 23.4. The van der Waals surface area contributed by atoms with Crippen molar-refractivity contribution in [3.63, 3.8) is 0 Å². The number of aryl methyl sites for hydroxylation is 2. The number of aromatic nitrogens is 4. The molecule has 1 aliphatic carbocycles. The molecule has 2 aliphatic rings. The Kier molecular flexibility index (Phi) is 4.52. The van der Waals surface area contributed by atoms with Crippen molar-refractivity contribution >= 4 is 5.91 Å². The number of rotatable bonds is 6. The van der Waals surface area contributed by atoms with Gasteiger partial charge in [-0.1, -0.05) is 5.16 Å². The van der Waals surface area contributed by atoms with Gasteiger partial charge in [-0.15, -0.1) is 0 Å². The van der Waals surface area contributed by atoms with E-state index >= 15 is 0 Å². The second kappa shape index (κ2) is 6.83. The molecular formula is C18H25N5O3. The topological polar surface area (TPSA) is 97.3 Å². The summed E-state index contributed by atoms with van der Waals surface area (Å²) in [6.45, 7) is 1.01. The van der Waals surface area contributed by atoms with Gasteiger partial charge in [-0.05, 0) is 37.7 Å². The minimum atomic E-state index is -0.991. The molecule has 0 bridgehead atoms. The lowest BCUT2D eigenvalue weighted by Crippen LogP contribution is -2.51. The van der Waals surface area contributed by atoms with Gasteiger partial charge in [0.1, 0.15) is 0 Å². The molecule has 2 aromatic heterocycles. The number of likely N-dealkylation sites (tertiary alicyclic amines) is 1. The first-order chi connectivity index (χ1) is 12.5. The lowest BCUT2D eigenvalue weighted by molar-refractivity contribution is -0.138. The molecule has 4 rings (SSSR count). The van der Waals surface area contributed by atoms with Crippen LogP contribution in [-0.2, 0) is 24.7 Å². The summed E-state index contributed by atoms with van der Waals surface area (Å²) in [5.74, 6) is 1.72. The summed E-state index contributed by atoms with van der Waals surface area (Å²) in [7, 11) is 1.86. The molecule has 1 unspecified atom stereocenters. The highest BCUT2D eigenvalue weighted by Crippen LogP contribution is 2.38. The smallest absolute Gasteiger partial charge is 0.229 e. The number of aliphatic hydroxyl groups is 1. The van der Waals surface area contributed by atoms with Crippen LogP contribution in [-0.4, -0.2) is 54.5 Å². The Morgan fingerprint density at radius 1 is 1.46 bits per heavy atom. The van der Waals surface area contributed by atoms with Crippen LogP contribution >= 0.6 is 0 Å². The number of β-amino-alcohol motifs (C(OH)–C–C–N with tert-alkyl or cyclic N) is 1. The molecule has 1 N–H and O–H groups in total. The van der Waals surface area contributed by atoms with Gasteiger partial charge in [0.2, 0.25) is 11.8 Å². The summed E-state index contributed by atoms with van der Waals surface area (Å²) in [6.07, 6.45) is 8.74. The summed E-state index contributed by atoms with van der Waals surface area (Å²) in [5, 5.41) is 19.1. The maximum absolute atomic E-state index is 12.6. The predicted molar refractivity (Wildman–Crippen MR) is 92.3 cm³/mol. The van der Waals surface area contributed by atoms with E-state index in [1.807, 2.05) is 13.2 Å². The van der Waals surface area contributed by atoms with E-state index in [4.69, 9.17) is 4.52 Å². The van der Waals surface area contributed by atoms with E-state index in [9.17, 15) is 9.90 Å². The lowest BCUT2D eigenvalue weighted by atomic mass is 9.89. The molecule has 1 saturated carbocycles. The second-order valence-electron chi connectivity index (χ2n) is 7.66. The van der Waals surface area contributed by atoms with Crippen molar-refractivity contribution in [2.45, 2.75) is 56.5 Å². The van der Waals surface area contributed by atoms with E-state index in [0.717, 1.165) is 30.7 Å². The van der Waals surface area contributed by atoms with E-state index in [1.54, 1.807) is 15.8 Å². The molecule has 0 aromatic carbocycles. The van der Waals surface area contributed by atoms with Crippen molar-refractivity contribution in [2.24, 2.45) is 7.05 Å². The largest absolute Gasteiger partial charge is 0.388 e. The van der Waals surface area contributed by atoms with Crippen molar-refractivity contribution in [2.75, 3.05) is 13.1 Å². The van der Waals surface area contributed by atoms with E-state index in [2.05, 4.69) is 15.2 Å². The Morgan fingerprint density at radius 3 is 3.04 bits per heavy atom. The fraction of sp³-hybridized carbons (Fsp3) is 0.667. The van der Waals surface area contributed by atoms with Crippen LogP contribution in [0.1, 0.15) is 55.3 Å². The summed E-state index contributed by atoms with van der Waals surface area (Å²) >= 11 is 0. The van der Waals surface area contributed by atoms with Crippen LogP contribution < -0.4 is 0 Å². The number of piperidine rings is 1. The highest BCUT2D eigenvalue weighted by atomic mass is 16.5. The molecule has 1 saturated heterocycles. The maximum Gasteiger partial charge on any atom is 0.229 e. The van der Waals surface area contributed by atoms with Crippen LogP contribution in [0.25, 0.3) is 0 Å². The lowest BCUT2D eigenvalue weighted by Gasteiger charge is -2.38. The molecule has 8 heteroatoms. The van der Waals surface area contributed by atoms with Crippen LogP contribution in [0.3, 0.4) is 0 Å². The van der Waals surface area contributed by atoms with Gasteiger partial charge in [0, 0.05) is 38.7 Å². The van der Waals surface area contributed by atoms with E-state index in [-0.39, 0.29) is 5.91 Å². The monoisotopic (exact) mass is 359 g/mol. The predicted octanol–water partition coefficient (Wildman–Crippen LogP) is 1.21. The van der Waals surface area contributed by atoms with Crippen LogP contribution in [0.15, 0.2) is 16.9 Å². The third kappa shape index (κ3) is 3.95. The van der Waals surface area contributed by atoms with Crippen molar-refractivity contribution < 1.29 is 14.4 Å². The number of hydrogen-bond acceptors (Lipinski definition) is 6. The van der Waals surface area contributed by atoms with Crippen LogP contribution in [0, 0.1) is 0 Å². The summed E-state index contributed by atoms with van der Waals surface area (Å²) in [6, 6.07) is 0. The molecule has 3 heterocycles. The molecule has 26 heavy (non-hydrogen) atoms. The van der Waals surface area contributed by atoms with E-state index in [1.165, 1.54) is 0 Å². The number of carbonyl (C=O) groups is 1. The highest BCUT2D eigenvalue weighted by molar-refractivity contribution is 5.76. The fourth-order valence-electron chi connectivity index (χ4n) is 3.61. The SMILES string of the molecule is Cn1cc(CCC(=O)N2CCCC(O)(Cc3nc(C4CC4)no3)C2)cn1. The standard InChI is InChI=1S/C18H25N5O3/c1-22-11-13(10-19-22)3-6-16(24)23-8-2-7-18(25,12-23)9-15-20-17(21-26-15)14-4-5-14/h10-11,14,25H,2-9,12H2,1H3. The van der Waals surface area contributed by atoms with Gasteiger partial charge in [-0.2, -0.15) is 10.1 Å². The fourth-order valence-corrected chi connectivity index (χ4v) is 3.61. The minimum Gasteiger partial charge on any atom is -0.388 e. The van der Waals surface area contributed by atoms with Crippen LogP contribution in [0.4, 0.5) is 0 Å². The minimum absolute atomic E-state index is 0.0659. The van der Waals surface area contributed by atoms with Gasteiger partial charge in [-0.3, -0.25) is 9.48 Å². The van der Waals surface area contributed by atoms with Crippen LogP contribution in [0.5, 0.6) is 0 Å².